The number of hydrogen-bond acceptors (Lipinski definition) is 5. The summed E-state index contributed by atoms with van der Waals surface area (Å²) in [6.45, 7) is 4.84. The molecule has 6 nitrogen and oxygen atoms in total. The molecule has 0 spiro atoms. The van der Waals surface area contributed by atoms with Crippen molar-refractivity contribution in [2.75, 3.05) is 13.7 Å². The Morgan fingerprint density at radius 1 is 1.16 bits per heavy atom. The van der Waals surface area contributed by atoms with E-state index in [1.165, 1.54) is 7.11 Å². The minimum absolute atomic E-state index is 0.393. The van der Waals surface area contributed by atoms with Gasteiger partial charge in [-0.25, -0.2) is 9.78 Å². The zero-order chi connectivity index (χ0) is 22.0. The first-order valence-corrected chi connectivity index (χ1v) is 10.4. The molecule has 0 aliphatic heterocycles. The summed E-state index contributed by atoms with van der Waals surface area (Å²) in [5.41, 5.74) is 2.89. The number of halogens is 1. The molecular weight excluding hydrogens is 416 g/mol. The average Bonchev–Trinajstić information content (AvgIpc) is 3.38. The van der Waals surface area contributed by atoms with Crippen molar-refractivity contribution >= 4 is 28.6 Å². The summed E-state index contributed by atoms with van der Waals surface area (Å²) in [4.78, 5) is 19.5. The molecule has 2 aromatic heterocycles. The van der Waals surface area contributed by atoms with Crippen LogP contribution in [0.1, 0.15) is 35.5 Å². The molecule has 4 rings (SSSR count). The van der Waals surface area contributed by atoms with Crippen LogP contribution in [-0.4, -0.2) is 29.7 Å². The number of fused-ring (bicyclic) bond motifs is 1. The fraction of sp³-hybridized carbons (Fsp3) is 0.250. The van der Waals surface area contributed by atoms with Crippen LogP contribution in [0.3, 0.4) is 0 Å². The molecule has 0 unspecified atom stereocenters. The standard InChI is InChI=1S/C24H23ClN2O4/c1-14(2)13-30-21-8-5-17(25)10-16(21)11-18-6-9-22(31-18)23-26-19-7-4-15(24(28)29-3)12-20(19)27-23/h4-10,12,14H,11,13H2,1-3H3,(H,26,27). The number of nitrogens with zero attached hydrogens (tertiary/aromatic N) is 1. The van der Waals surface area contributed by atoms with Crippen molar-refractivity contribution in [2.45, 2.75) is 20.3 Å². The first-order chi connectivity index (χ1) is 14.9. The predicted molar refractivity (Wildman–Crippen MR) is 120 cm³/mol. The predicted octanol–water partition coefficient (Wildman–Crippen LogP) is 5.89. The summed E-state index contributed by atoms with van der Waals surface area (Å²) >= 11 is 6.20. The molecule has 4 aromatic rings. The van der Waals surface area contributed by atoms with Crippen LogP contribution in [0.25, 0.3) is 22.6 Å². The fourth-order valence-electron chi connectivity index (χ4n) is 3.24. The third-order valence-corrected chi connectivity index (χ3v) is 4.99. The van der Waals surface area contributed by atoms with Crippen molar-refractivity contribution in [3.05, 3.63) is 70.4 Å². The number of methoxy groups -OCH3 is 1. The van der Waals surface area contributed by atoms with Gasteiger partial charge in [0.15, 0.2) is 11.6 Å². The Labute approximate surface area is 185 Å². The minimum Gasteiger partial charge on any atom is -0.493 e. The average molecular weight is 439 g/mol. The van der Waals surface area contributed by atoms with Gasteiger partial charge in [0.05, 0.1) is 30.3 Å². The van der Waals surface area contributed by atoms with Crippen LogP contribution in [0.4, 0.5) is 0 Å². The van der Waals surface area contributed by atoms with Gasteiger partial charge >= 0.3 is 5.97 Å². The third-order valence-electron chi connectivity index (χ3n) is 4.76. The number of aromatic amines is 1. The lowest BCUT2D eigenvalue weighted by Gasteiger charge is -2.13. The van der Waals surface area contributed by atoms with Crippen molar-refractivity contribution in [1.82, 2.24) is 9.97 Å². The zero-order valence-electron chi connectivity index (χ0n) is 17.6. The lowest BCUT2D eigenvalue weighted by atomic mass is 10.1. The SMILES string of the molecule is COC(=O)c1ccc2nc(-c3ccc(Cc4cc(Cl)ccc4OCC(C)C)o3)[nH]c2c1. The van der Waals surface area contributed by atoms with Gasteiger partial charge in [0.1, 0.15) is 11.5 Å². The second-order valence-corrected chi connectivity index (χ2v) is 8.14. The van der Waals surface area contributed by atoms with Crippen molar-refractivity contribution in [3.63, 3.8) is 0 Å². The Morgan fingerprint density at radius 3 is 2.77 bits per heavy atom. The number of carbonyl (C=O) groups excluding carboxylic acids is 1. The maximum atomic E-state index is 11.8. The van der Waals surface area contributed by atoms with Gasteiger partial charge in [0, 0.05) is 17.0 Å². The van der Waals surface area contributed by atoms with Crippen molar-refractivity contribution in [2.24, 2.45) is 5.92 Å². The van der Waals surface area contributed by atoms with Crippen LogP contribution < -0.4 is 4.74 Å². The van der Waals surface area contributed by atoms with E-state index in [0.717, 1.165) is 28.1 Å². The molecule has 1 N–H and O–H groups in total. The van der Waals surface area contributed by atoms with E-state index in [1.54, 1.807) is 18.2 Å². The number of hydrogen-bond donors (Lipinski definition) is 1. The van der Waals surface area contributed by atoms with E-state index in [-0.39, 0.29) is 0 Å². The molecule has 0 fully saturated rings. The monoisotopic (exact) mass is 438 g/mol. The second-order valence-electron chi connectivity index (χ2n) is 7.71. The van der Waals surface area contributed by atoms with E-state index in [9.17, 15) is 4.79 Å². The highest BCUT2D eigenvalue weighted by molar-refractivity contribution is 6.30. The van der Waals surface area contributed by atoms with Gasteiger partial charge in [0.25, 0.3) is 0 Å². The number of imidazole rings is 1. The lowest BCUT2D eigenvalue weighted by molar-refractivity contribution is 0.0601. The molecule has 0 bridgehead atoms. The second kappa shape index (κ2) is 8.86. The van der Waals surface area contributed by atoms with Gasteiger partial charge in [0.2, 0.25) is 0 Å². The molecule has 0 saturated heterocycles. The van der Waals surface area contributed by atoms with E-state index < -0.39 is 5.97 Å². The summed E-state index contributed by atoms with van der Waals surface area (Å²) in [6.07, 6.45) is 0.542. The molecule has 0 saturated carbocycles. The number of ether oxygens (including phenoxy) is 2. The molecule has 31 heavy (non-hydrogen) atoms. The van der Waals surface area contributed by atoms with E-state index in [4.69, 9.17) is 25.5 Å². The highest BCUT2D eigenvalue weighted by atomic mass is 35.5. The molecule has 0 aliphatic carbocycles. The van der Waals surface area contributed by atoms with Crippen LogP contribution in [0.2, 0.25) is 5.02 Å². The van der Waals surface area contributed by atoms with Gasteiger partial charge in [-0.2, -0.15) is 0 Å². The van der Waals surface area contributed by atoms with E-state index in [0.29, 0.717) is 41.1 Å². The molecule has 160 valence electrons. The fourth-order valence-corrected chi connectivity index (χ4v) is 3.44. The van der Waals surface area contributed by atoms with E-state index in [2.05, 4.69) is 23.8 Å². The van der Waals surface area contributed by atoms with Crippen molar-refractivity contribution in [1.29, 1.82) is 0 Å². The molecule has 0 amide bonds. The van der Waals surface area contributed by atoms with Crippen LogP contribution in [0.5, 0.6) is 5.75 Å². The number of H-pyrrole nitrogens is 1. The summed E-state index contributed by atoms with van der Waals surface area (Å²) in [7, 11) is 1.36. The number of carbonyl (C=O) groups is 1. The highest BCUT2D eigenvalue weighted by Gasteiger charge is 2.14. The maximum Gasteiger partial charge on any atom is 0.337 e. The number of esters is 1. The Bertz CT molecular complexity index is 1230. The van der Waals surface area contributed by atoms with E-state index in [1.807, 2.05) is 30.3 Å². The van der Waals surface area contributed by atoms with E-state index >= 15 is 0 Å². The molecule has 2 heterocycles. The zero-order valence-corrected chi connectivity index (χ0v) is 18.3. The van der Waals surface area contributed by atoms with Gasteiger partial charge in [-0.3, -0.25) is 0 Å². The van der Waals surface area contributed by atoms with Crippen LogP contribution >= 0.6 is 11.6 Å². The molecule has 0 atom stereocenters. The molecule has 7 heteroatoms. The largest absolute Gasteiger partial charge is 0.493 e. The summed E-state index contributed by atoms with van der Waals surface area (Å²) in [5.74, 6) is 2.79. The number of nitrogens with one attached hydrogen (secondary N) is 1. The first kappa shape index (κ1) is 21.0. The number of benzene rings is 2. The minimum atomic E-state index is -0.393. The highest BCUT2D eigenvalue weighted by Crippen LogP contribution is 2.29. The summed E-state index contributed by atoms with van der Waals surface area (Å²) < 4.78 is 16.8. The van der Waals surface area contributed by atoms with Crippen molar-refractivity contribution in [3.8, 4) is 17.3 Å². The van der Waals surface area contributed by atoms with Gasteiger partial charge in [-0.1, -0.05) is 25.4 Å². The Kier molecular flexibility index (Phi) is 6.00. The Morgan fingerprint density at radius 2 is 2.00 bits per heavy atom. The Hall–Kier alpha value is -3.25. The van der Waals surface area contributed by atoms with Crippen LogP contribution in [-0.2, 0) is 11.2 Å². The topological polar surface area (TPSA) is 77.3 Å². The number of furan rings is 1. The molecule has 2 aromatic carbocycles. The molecular formula is C24H23ClN2O4. The molecule has 0 radical (unpaired) electrons. The van der Waals surface area contributed by atoms with Crippen molar-refractivity contribution < 1.29 is 18.7 Å². The number of aromatic nitrogens is 2. The Balaban J connectivity index is 1.58. The van der Waals surface area contributed by atoms with Crippen LogP contribution in [0.15, 0.2) is 52.9 Å². The smallest absolute Gasteiger partial charge is 0.337 e. The summed E-state index contributed by atoms with van der Waals surface area (Å²) in [5, 5.41) is 0.650. The van der Waals surface area contributed by atoms with Gasteiger partial charge < -0.3 is 18.9 Å². The lowest BCUT2D eigenvalue weighted by Crippen LogP contribution is -2.06. The van der Waals surface area contributed by atoms with Gasteiger partial charge in [-0.15, -0.1) is 0 Å². The third kappa shape index (κ3) is 4.75. The van der Waals surface area contributed by atoms with Crippen LogP contribution in [0, 0.1) is 5.92 Å². The summed E-state index contributed by atoms with van der Waals surface area (Å²) in [6, 6.07) is 14.6. The number of rotatable bonds is 7. The maximum absolute atomic E-state index is 11.8. The molecule has 0 aliphatic rings. The normalized spacial score (nSPS) is 11.3. The van der Waals surface area contributed by atoms with Gasteiger partial charge in [-0.05, 0) is 54.4 Å². The first-order valence-electron chi connectivity index (χ1n) is 10.0. The quantitative estimate of drug-likeness (QED) is 0.364.